The molecule has 1 saturated heterocycles. The molecule has 3 heteroatoms. The van der Waals surface area contributed by atoms with Gasteiger partial charge in [0.15, 0.2) is 0 Å². The number of rotatable bonds is 5. The Balaban J connectivity index is 2.05. The van der Waals surface area contributed by atoms with Crippen molar-refractivity contribution in [3.05, 3.63) is 29.8 Å². The van der Waals surface area contributed by atoms with Gasteiger partial charge in [-0.3, -0.25) is 4.90 Å². The number of benzene rings is 1. The maximum Gasteiger partial charge on any atom is 0.118 e. The Morgan fingerprint density at radius 1 is 1.30 bits per heavy atom. The molecule has 0 spiro atoms. The second-order valence-corrected chi connectivity index (χ2v) is 6.46. The predicted octanol–water partition coefficient (Wildman–Crippen LogP) is 3.05. The van der Waals surface area contributed by atoms with Crippen LogP contribution in [0.25, 0.3) is 0 Å². The van der Waals surface area contributed by atoms with Crippen molar-refractivity contribution in [1.29, 1.82) is 0 Å². The zero-order chi connectivity index (χ0) is 14.6. The van der Waals surface area contributed by atoms with E-state index in [-0.39, 0.29) is 5.54 Å². The quantitative estimate of drug-likeness (QED) is 0.894. The second kappa shape index (κ2) is 6.59. The van der Waals surface area contributed by atoms with Gasteiger partial charge in [0, 0.05) is 31.2 Å². The summed E-state index contributed by atoms with van der Waals surface area (Å²) in [6.07, 6.45) is 2.51. The van der Waals surface area contributed by atoms with Gasteiger partial charge >= 0.3 is 0 Å². The molecule has 1 fully saturated rings. The van der Waals surface area contributed by atoms with E-state index in [4.69, 9.17) is 4.74 Å². The third-order valence-electron chi connectivity index (χ3n) is 4.10. The Morgan fingerprint density at radius 3 is 2.60 bits per heavy atom. The molecule has 1 heterocycles. The van der Waals surface area contributed by atoms with Crippen molar-refractivity contribution >= 4 is 0 Å². The van der Waals surface area contributed by atoms with Gasteiger partial charge in [-0.05, 0) is 38.0 Å². The Hall–Kier alpha value is -1.06. The van der Waals surface area contributed by atoms with Crippen LogP contribution in [0.3, 0.4) is 0 Å². The van der Waals surface area contributed by atoms with Crippen molar-refractivity contribution in [3.8, 4) is 5.75 Å². The van der Waals surface area contributed by atoms with Crippen LogP contribution in [0.4, 0.5) is 0 Å². The number of nitrogens with zero attached hydrogens (tertiary/aromatic N) is 1. The molecular formula is C17H28N2O. The number of piperazine rings is 1. The minimum atomic E-state index is 0.205. The molecule has 1 unspecified atom stereocenters. The summed E-state index contributed by atoms with van der Waals surface area (Å²) in [7, 11) is 1.71. The second-order valence-electron chi connectivity index (χ2n) is 6.46. The summed E-state index contributed by atoms with van der Waals surface area (Å²) in [6.45, 7) is 10.1. The van der Waals surface area contributed by atoms with Crippen LogP contribution >= 0.6 is 0 Å². The number of methoxy groups -OCH3 is 1. The Kier molecular flexibility index (Phi) is 5.06. The molecular weight excluding hydrogens is 248 g/mol. The van der Waals surface area contributed by atoms with Crippen molar-refractivity contribution in [2.75, 3.05) is 20.2 Å². The molecule has 0 bridgehead atoms. The molecule has 0 aliphatic carbocycles. The lowest BCUT2D eigenvalue weighted by Crippen LogP contribution is -2.61. The minimum absolute atomic E-state index is 0.205. The van der Waals surface area contributed by atoms with E-state index in [2.05, 4.69) is 55.3 Å². The molecule has 1 aliphatic rings. The van der Waals surface area contributed by atoms with Gasteiger partial charge in [0.25, 0.3) is 0 Å². The van der Waals surface area contributed by atoms with Crippen LogP contribution in [0.1, 0.15) is 39.2 Å². The molecule has 1 aliphatic heterocycles. The molecule has 20 heavy (non-hydrogen) atoms. The van der Waals surface area contributed by atoms with E-state index in [9.17, 15) is 0 Å². The number of hydrogen-bond acceptors (Lipinski definition) is 3. The number of ether oxygens (including phenoxy) is 1. The van der Waals surface area contributed by atoms with Gasteiger partial charge in [0.05, 0.1) is 7.11 Å². The maximum absolute atomic E-state index is 5.23. The molecule has 1 aromatic rings. The molecule has 3 nitrogen and oxygen atoms in total. The van der Waals surface area contributed by atoms with E-state index in [1.54, 1.807) is 7.11 Å². The van der Waals surface area contributed by atoms with Gasteiger partial charge in [0.1, 0.15) is 5.75 Å². The summed E-state index contributed by atoms with van der Waals surface area (Å²) in [6, 6.07) is 9.11. The van der Waals surface area contributed by atoms with Crippen molar-refractivity contribution < 1.29 is 4.74 Å². The lowest BCUT2D eigenvalue weighted by Gasteiger charge is -2.44. The zero-order valence-corrected chi connectivity index (χ0v) is 13.3. The molecule has 0 amide bonds. The summed E-state index contributed by atoms with van der Waals surface area (Å²) >= 11 is 0. The van der Waals surface area contributed by atoms with Crippen LogP contribution in [0.5, 0.6) is 5.75 Å². The standard InChI is InChI=1S/C17H28N2O/c1-5-6-15-11-18-17(2,3)13-19(15)12-14-7-9-16(20-4)10-8-14/h7-10,15,18H,5-6,11-13H2,1-4H3. The normalized spacial score (nSPS) is 22.7. The first kappa shape index (κ1) is 15.3. The van der Waals surface area contributed by atoms with E-state index in [1.165, 1.54) is 18.4 Å². The van der Waals surface area contributed by atoms with Crippen LogP contribution in [0.2, 0.25) is 0 Å². The molecule has 1 N–H and O–H groups in total. The van der Waals surface area contributed by atoms with E-state index in [0.717, 1.165) is 25.4 Å². The Bertz CT molecular complexity index is 414. The fourth-order valence-electron chi connectivity index (χ4n) is 2.98. The highest BCUT2D eigenvalue weighted by molar-refractivity contribution is 5.27. The van der Waals surface area contributed by atoms with Crippen LogP contribution in [-0.4, -0.2) is 36.7 Å². The average Bonchev–Trinajstić information content (AvgIpc) is 2.42. The smallest absolute Gasteiger partial charge is 0.118 e. The fourth-order valence-corrected chi connectivity index (χ4v) is 2.98. The SMILES string of the molecule is CCCC1CNC(C)(C)CN1Cc1ccc(OC)cc1. The van der Waals surface area contributed by atoms with E-state index < -0.39 is 0 Å². The van der Waals surface area contributed by atoms with Crippen molar-refractivity contribution in [3.63, 3.8) is 0 Å². The first-order valence-corrected chi connectivity index (χ1v) is 7.66. The lowest BCUT2D eigenvalue weighted by molar-refractivity contribution is 0.0826. The van der Waals surface area contributed by atoms with Gasteiger partial charge in [-0.15, -0.1) is 0 Å². The monoisotopic (exact) mass is 276 g/mol. The number of nitrogens with one attached hydrogen (secondary N) is 1. The Labute approximate surface area is 123 Å². The van der Waals surface area contributed by atoms with E-state index in [0.29, 0.717) is 6.04 Å². The highest BCUT2D eigenvalue weighted by Crippen LogP contribution is 2.21. The predicted molar refractivity (Wildman–Crippen MR) is 84.2 cm³/mol. The molecule has 0 aromatic heterocycles. The van der Waals surface area contributed by atoms with Crippen LogP contribution in [0.15, 0.2) is 24.3 Å². The fraction of sp³-hybridized carbons (Fsp3) is 0.647. The van der Waals surface area contributed by atoms with E-state index in [1.807, 2.05) is 0 Å². The van der Waals surface area contributed by atoms with Crippen LogP contribution < -0.4 is 10.1 Å². The summed E-state index contributed by atoms with van der Waals surface area (Å²) in [4.78, 5) is 2.63. The molecule has 1 aromatic carbocycles. The van der Waals surface area contributed by atoms with Gasteiger partial charge < -0.3 is 10.1 Å². The van der Waals surface area contributed by atoms with Gasteiger partial charge in [-0.25, -0.2) is 0 Å². The lowest BCUT2D eigenvalue weighted by atomic mass is 9.96. The summed E-state index contributed by atoms with van der Waals surface area (Å²) < 4.78 is 5.23. The van der Waals surface area contributed by atoms with Gasteiger partial charge in [0.2, 0.25) is 0 Å². The zero-order valence-electron chi connectivity index (χ0n) is 13.3. The van der Waals surface area contributed by atoms with E-state index >= 15 is 0 Å². The summed E-state index contributed by atoms with van der Waals surface area (Å²) in [5.41, 5.74) is 1.57. The third kappa shape index (κ3) is 3.97. The maximum atomic E-state index is 5.23. The Morgan fingerprint density at radius 2 is 2.00 bits per heavy atom. The van der Waals surface area contributed by atoms with Crippen molar-refractivity contribution in [1.82, 2.24) is 10.2 Å². The minimum Gasteiger partial charge on any atom is -0.497 e. The van der Waals surface area contributed by atoms with Gasteiger partial charge in [-0.1, -0.05) is 25.5 Å². The third-order valence-corrected chi connectivity index (χ3v) is 4.10. The first-order valence-electron chi connectivity index (χ1n) is 7.66. The first-order chi connectivity index (χ1) is 9.54. The average molecular weight is 276 g/mol. The number of hydrogen-bond donors (Lipinski definition) is 1. The highest BCUT2D eigenvalue weighted by Gasteiger charge is 2.31. The van der Waals surface area contributed by atoms with Crippen LogP contribution in [-0.2, 0) is 6.54 Å². The molecule has 112 valence electrons. The molecule has 0 radical (unpaired) electrons. The molecule has 1 atom stereocenters. The topological polar surface area (TPSA) is 24.5 Å². The molecule has 2 rings (SSSR count). The largest absolute Gasteiger partial charge is 0.497 e. The summed E-state index contributed by atoms with van der Waals surface area (Å²) in [5, 5.41) is 3.67. The van der Waals surface area contributed by atoms with Crippen molar-refractivity contribution in [2.24, 2.45) is 0 Å². The van der Waals surface area contributed by atoms with Gasteiger partial charge in [-0.2, -0.15) is 0 Å². The molecule has 0 saturated carbocycles. The van der Waals surface area contributed by atoms with Crippen molar-refractivity contribution in [2.45, 2.75) is 51.7 Å². The summed E-state index contributed by atoms with van der Waals surface area (Å²) in [5.74, 6) is 0.930. The van der Waals surface area contributed by atoms with Crippen LogP contribution in [0, 0.1) is 0 Å². The highest BCUT2D eigenvalue weighted by atomic mass is 16.5.